The Hall–Kier alpha value is -2.92. The van der Waals surface area contributed by atoms with Crippen molar-refractivity contribution in [3.63, 3.8) is 0 Å². The number of nitrogens with one attached hydrogen (secondary N) is 1. The molecule has 0 spiro atoms. The van der Waals surface area contributed by atoms with E-state index < -0.39 is 17.7 Å². The monoisotopic (exact) mass is 371 g/mol. The molecule has 0 saturated heterocycles. The highest BCUT2D eigenvalue weighted by molar-refractivity contribution is 6.31. The van der Waals surface area contributed by atoms with Crippen LogP contribution < -0.4 is 5.32 Å². The Bertz CT molecular complexity index is 954. The molecule has 26 heavy (non-hydrogen) atoms. The Labute approximate surface area is 154 Å². The summed E-state index contributed by atoms with van der Waals surface area (Å²) < 4.78 is 18.6. The van der Waals surface area contributed by atoms with Crippen molar-refractivity contribution >= 4 is 34.2 Å². The number of esters is 1. The maximum atomic E-state index is 13.6. The SMILES string of the molecule is O=C(CNC(=O)c1ccc2ccccc2c1)OCc1c(F)cccc1Cl. The lowest BCUT2D eigenvalue weighted by Gasteiger charge is -2.09. The zero-order valence-corrected chi connectivity index (χ0v) is 14.4. The van der Waals surface area contributed by atoms with Gasteiger partial charge in [-0.3, -0.25) is 9.59 Å². The van der Waals surface area contributed by atoms with Crippen LogP contribution in [0.2, 0.25) is 5.02 Å². The molecule has 0 bridgehead atoms. The molecular weight excluding hydrogens is 357 g/mol. The van der Waals surface area contributed by atoms with Crippen LogP contribution >= 0.6 is 11.6 Å². The van der Waals surface area contributed by atoms with Gasteiger partial charge in [-0.15, -0.1) is 0 Å². The second-order valence-electron chi connectivity index (χ2n) is 5.61. The first-order chi connectivity index (χ1) is 12.5. The second kappa shape index (κ2) is 7.97. The highest BCUT2D eigenvalue weighted by Gasteiger charge is 2.12. The molecule has 4 nitrogen and oxygen atoms in total. The molecule has 0 radical (unpaired) electrons. The Kier molecular flexibility index (Phi) is 5.49. The molecule has 0 atom stereocenters. The summed E-state index contributed by atoms with van der Waals surface area (Å²) >= 11 is 5.87. The number of amides is 1. The van der Waals surface area contributed by atoms with Gasteiger partial charge in [-0.2, -0.15) is 0 Å². The summed E-state index contributed by atoms with van der Waals surface area (Å²) in [6, 6.07) is 17.1. The molecule has 3 aromatic rings. The third kappa shape index (κ3) is 4.18. The van der Waals surface area contributed by atoms with Gasteiger partial charge in [0.2, 0.25) is 0 Å². The summed E-state index contributed by atoms with van der Waals surface area (Å²) in [4.78, 5) is 24.0. The smallest absolute Gasteiger partial charge is 0.325 e. The zero-order chi connectivity index (χ0) is 18.5. The first kappa shape index (κ1) is 17.9. The fraction of sp³-hybridized carbons (Fsp3) is 0.100. The summed E-state index contributed by atoms with van der Waals surface area (Å²) in [7, 11) is 0. The highest BCUT2D eigenvalue weighted by Crippen LogP contribution is 2.19. The predicted molar refractivity (Wildman–Crippen MR) is 97.5 cm³/mol. The minimum atomic E-state index is -0.682. The van der Waals surface area contributed by atoms with Gasteiger partial charge in [0.1, 0.15) is 19.0 Å². The zero-order valence-electron chi connectivity index (χ0n) is 13.7. The number of halogens is 2. The van der Waals surface area contributed by atoms with Gasteiger partial charge >= 0.3 is 5.97 Å². The van der Waals surface area contributed by atoms with E-state index in [9.17, 15) is 14.0 Å². The predicted octanol–water partition coefficient (Wildman–Crippen LogP) is 4.11. The van der Waals surface area contributed by atoms with Crippen molar-refractivity contribution in [1.29, 1.82) is 0 Å². The number of benzene rings is 3. The minimum absolute atomic E-state index is 0.100. The van der Waals surface area contributed by atoms with Crippen LogP contribution in [0.4, 0.5) is 4.39 Å². The van der Waals surface area contributed by atoms with Crippen LogP contribution in [0.25, 0.3) is 10.8 Å². The maximum absolute atomic E-state index is 13.6. The second-order valence-corrected chi connectivity index (χ2v) is 6.01. The molecule has 0 aliphatic heterocycles. The molecule has 0 aliphatic carbocycles. The molecule has 3 aromatic carbocycles. The summed E-state index contributed by atoms with van der Waals surface area (Å²) in [6.45, 7) is -0.617. The highest BCUT2D eigenvalue weighted by atomic mass is 35.5. The fourth-order valence-electron chi connectivity index (χ4n) is 2.46. The van der Waals surface area contributed by atoms with Crippen molar-refractivity contribution in [1.82, 2.24) is 5.32 Å². The van der Waals surface area contributed by atoms with Crippen LogP contribution in [0.5, 0.6) is 0 Å². The van der Waals surface area contributed by atoms with Gasteiger partial charge in [0.25, 0.3) is 5.91 Å². The number of hydrogen-bond acceptors (Lipinski definition) is 3. The largest absolute Gasteiger partial charge is 0.459 e. The molecule has 0 fully saturated rings. The van der Waals surface area contributed by atoms with Crippen LogP contribution in [0.15, 0.2) is 60.7 Å². The van der Waals surface area contributed by atoms with Crippen molar-refractivity contribution < 1.29 is 18.7 Å². The third-order valence-electron chi connectivity index (χ3n) is 3.84. The van der Waals surface area contributed by atoms with Gasteiger partial charge in [0.15, 0.2) is 0 Å². The van der Waals surface area contributed by atoms with Gasteiger partial charge in [-0.1, -0.05) is 48.0 Å². The normalized spacial score (nSPS) is 10.5. The molecule has 0 aliphatic rings. The fourth-order valence-corrected chi connectivity index (χ4v) is 2.68. The van der Waals surface area contributed by atoms with Gasteiger partial charge in [-0.25, -0.2) is 4.39 Å². The van der Waals surface area contributed by atoms with Crippen LogP contribution in [-0.4, -0.2) is 18.4 Å². The number of carbonyl (C=O) groups is 2. The Morgan fingerprint density at radius 3 is 2.54 bits per heavy atom. The average molecular weight is 372 g/mol. The standard InChI is InChI=1S/C20H15ClFNO3/c21-17-6-3-7-18(22)16(17)12-26-19(24)11-23-20(25)15-9-8-13-4-1-2-5-14(13)10-15/h1-10H,11-12H2,(H,23,25). The third-order valence-corrected chi connectivity index (χ3v) is 4.20. The van der Waals surface area contributed by atoms with Crippen LogP contribution in [-0.2, 0) is 16.1 Å². The molecule has 1 amide bonds. The first-order valence-electron chi connectivity index (χ1n) is 7.90. The van der Waals surface area contributed by atoms with E-state index in [-0.39, 0.29) is 23.7 Å². The number of rotatable bonds is 5. The molecule has 3 rings (SSSR count). The molecule has 1 N–H and O–H groups in total. The van der Waals surface area contributed by atoms with Crippen molar-refractivity contribution in [2.75, 3.05) is 6.54 Å². The lowest BCUT2D eigenvalue weighted by Crippen LogP contribution is -2.30. The van der Waals surface area contributed by atoms with Crippen LogP contribution in [0, 0.1) is 5.82 Å². The molecule has 6 heteroatoms. The minimum Gasteiger partial charge on any atom is -0.459 e. The van der Waals surface area contributed by atoms with E-state index >= 15 is 0 Å². The van der Waals surface area contributed by atoms with E-state index in [2.05, 4.69) is 5.32 Å². The quantitative estimate of drug-likeness (QED) is 0.687. The average Bonchev–Trinajstić information content (AvgIpc) is 2.65. The van der Waals surface area contributed by atoms with E-state index in [4.69, 9.17) is 16.3 Å². The Balaban J connectivity index is 1.55. The Morgan fingerprint density at radius 2 is 1.77 bits per heavy atom. The van der Waals surface area contributed by atoms with Crippen molar-refractivity contribution in [2.45, 2.75) is 6.61 Å². The van der Waals surface area contributed by atoms with Gasteiger partial charge in [0.05, 0.1) is 5.02 Å². The van der Waals surface area contributed by atoms with Crippen molar-refractivity contribution in [3.05, 3.63) is 82.6 Å². The molecular formula is C20H15ClFNO3. The Morgan fingerprint density at radius 1 is 1.00 bits per heavy atom. The van der Waals surface area contributed by atoms with E-state index in [0.29, 0.717) is 5.56 Å². The first-order valence-corrected chi connectivity index (χ1v) is 8.28. The molecule has 0 saturated carbocycles. The number of hydrogen-bond donors (Lipinski definition) is 1. The molecule has 0 heterocycles. The van der Waals surface area contributed by atoms with Gasteiger partial charge in [0, 0.05) is 11.1 Å². The van der Waals surface area contributed by atoms with Crippen molar-refractivity contribution in [2.24, 2.45) is 0 Å². The molecule has 132 valence electrons. The summed E-state index contributed by atoms with van der Waals surface area (Å²) in [5.74, 6) is -1.62. The number of ether oxygens (including phenoxy) is 1. The van der Waals surface area contributed by atoms with E-state index in [1.165, 1.54) is 18.2 Å². The lowest BCUT2D eigenvalue weighted by molar-refractivity contribution is -0.143. The van der Waals surface area contributed by atoms with Crippen LogP contribution in [0.1, 0.15) is 15.9 Å². The van der Waals surface area contributed by atoms with Crippen LogP contribution in [0.3, 0.4) is 0 Å². The van der Waals surface area contributed by atoms with E-state index in [1.54, 1.807) is 12.1 Å². The molecule has 0 unspecified atom stereocenters. The maximum Gasteiger partial charge on any atom is 0.325 e. The van der Waals surface area contributed by atoms with E-state index in [1.807, 2.05) is 30.3 Å². The number of fused-ring (bicyclic) bond motifs is 1. The summed E-state index contributed by atoms with van der Waals surface area (Å²) in [5, 5.41) is 4.61. The lowest BCUT2D eigenvalue weighted by atomic mass is 10.1. The molecule has 0 aromatic heterocycles. The van der Waals surface area contributed by atoms with E-state index in [0.717, 1.165) is 10.8 Å². The van der Waals surface area contributed by atoms with Gasteiger partial charge < -0.3 is 10.1 Å². The topological polar surface area (TPSA) is 55.4 Å². The summed E-state index contributed by atoms with van der Waals surface area (Å²) in [5.41, 5.74) is 0.539. The number of carbonyl (C=O) groups excluding carboxylic acids is 2. The summed E-state index contributed by atoms with van der Waals surface area (Å²) in [6.07, 6.45) is 0. The van der Waals surface area contributed by atoms with Gasteiger partial charge in [-0.05, 0) is 35.0 Å². The van der Waals surface area contributed by atoms with Crippen molar-refractivity contribution in [3.8, 4) is 0 Å².